The summed E-state index contributed by atoms with van der Waals surface area (Å²) >= 11 is 0. The lowest BCUT2D eigenvalue weighted by Crippen LogP contribution is -2.04. The Bertz CT molecular complexity index is 3860. The van der Waals surface area contributed by atoms with E-state index in [1.165, 1.54) is 43.7 Å². The van der Waals surface area contributed by atoms with E-state index in [1.54, 1.807) is 0 Å². The number of hydrogen-bond donors (Lipinski definition) is 0. The van der Waals surface area contributed by atoms with Crippen LogP contribution in [0.25, 0.3) is 116 Å². The van der Waals surface area contributed by atoms with E-state index >= 15 is 0 Å². The van der Waals surface area contributed by atoms with Crippen LogP contribution in [-0.4, -0.2) is 23.7 Å². The third kappa shape index (κ3) is 5.08. The van der Waals surface area contributed by atoms with Gasteiger partial charge in [-0.05, 0) is 83.9 Å². The molecule has 13 aromatic rings. The summed E-state index contributed by atoms with van der Waals surface area (Å²) in [7, 11) is 0. The molecule has 0 spiro atoms. The Morgan fingerprint density at radius 3 is 1.46 bits per heavy atom. The molecule has 9 aromatic carbocycles. The van der Waals surface area contributed by atoms with Gasteiger partial charge in [0.1, 0.15) is 5.69 Å². The van der Waals surface area contributed by atoms with Crippen molar-refractivity contribution in [3.8, 4) is 39.6 Å². The summed E-state index contributed by atoms with van der Waals surface area (Å²) in [5, 5.41) is 7.24. The van der Waals surface area contributed by atoms with Gasteiger partial charge in [0.15, 0.2) is 5.82 Å². The molecule has 0 bridgehead atoms. The minimum atomic E-state index is 0.802. The van der Waals surface area contributed by atoms with Crippen molar-refractivity contribution in [2.75, 3.05) is 0 Å². The normalized spacial score (nSPS) is 11.9. The molecule has 0 aliphatic rings. The summed E-state index contributed by atoms with van der Waals surface area (Å²) in [6.45, 7) is 0. The Hall–Kier alpha value is -8.28. The van der Waals surface area contributed by atoms with Crippen LogP contribution in [0.5, 0.6) is 0 Å². The molecule has 0 fully saturated rings. The van der Waals surface area contributed by atoms with Crippen LogP contribution < -0.4 is 0 Å². The maximum absolute atomic E-state index is 5.42. The van der Waals surface area contributed by atoms with E-state index in [2.05, 4.69) is 202 Å². The van der Waals surface area contributed by atoms with Crippen molar-refractivity contribution < 1.29 is 0 Å². The Morgan fingerprint density at radius 1 is 0.262 bits per heavy atom. The predicted octanol–water partition coefficient (Wildman–Crippen LogP) is 14.3. The first-order chi connectivity index (χ1) is 30.3. The van der Waals surface area contributed by atoms with Crippen LogP contribution in [0.15, 0.2) is 212 Å². The fourth-order valence-corrected chi connectivity index (χ4v) is 9.69. The number of fused-ring (bicyclic) bond motifs is 10. The number of benzene rings is 9. The molecule has 0 aliphatic carbocycles. The standard InChI is InChI=1S/C56H35N5/c1-4-16-36(17-5-1)38-28-30-43-44-33-40(29-31-51(44)61(52(43)32-38)56-55(37-18-6-2-7-19-37)57-47-24-12-13-25-48(47)58-56)60-50-27-15-11-23-42(50)46-34-45-41-22-10-14-26-49(41)59(53(45)35-54(46)60)39-20-8-3-9-21-39/h1-35H. The van der Waals surface area contributed by atoms with Crippen molar-refractivity contribution in [3.63, 3.8) is 0 Å². The molecule has 0 saturated heterocycles. The smallest absolute Gasteiger partial charge is 0.165 e. The minimum Gasteiger partial charge on any atom is -0.309 e. The molecule has 13 rings (SSSR count). The van der Waals surface area contributed by atoms with Gasteiger partial charge in [-0.1, -0.05) is 140 Å². The van der Waals surface area contributed by atoms with E-state index < -0.39 is 0 Å². The molecule has 0 amide bonds. The van der Waals surface area contributed by atoms with Gasteiger partial charge >= 0.3 is 0 Å². The zero-order chi connectivity index (χ0) is 40.0. The first kappa shape index (κ1) is 33.7. The second-order valence-corrected chi connectivity index (χ2v) is 15.8. The van der Waals surface area contributed by atoms with Gasteiger partial charge in [-0.2, -0.15) is 0 Å². The Balaban J connectivity index is 1.12. The highest BCUT2D eigenvalue weighted by Gasteiger charge is 2.22. The van der Waals surface area contributed by atoms with Crippen molar-refractivity contribution in [1.29, 1.82) is 0 Å². The number of para-hydroxylation sites is 5. The fraction of sp³-hybridized carbons (Fsp3) is 0. The van der Waals surface area contributed by atoms with Gasteiger partial charge in [-0.15, -0.1) is 0 Å². The molecule has 0 aliphatic heterocycles. The van der Waals surface area contributed by atoms with Crippen LogP contribution in [0.4, 0.5) is 0 Å². The fourth-order valence-electron chi connectivity index (χ4n) is 9.69. The third-order valence-electron chi connectivity index (χ3n) is 12.4. The first-order valence-electron chi connectivity index (χ1n) is 20.8. The molecule has 5 heteroatoms. The molecule has 284 valence electrons. The summed E-state index contributed by atoms with van der Waals surface area (Å²) in [6.07, 6.45) is 0. The lowest BCUT2D eigenvalue weighted by atomic mass is 10.0. The zero-order valence-corrected chi connectivity index (χ0v) is 32.9. The van der Waals surface area contributed by atoms with Gasteiger partial charge in [0, 0.05) is 49.3 Å². The highest BCUT2D eigenvalue weighted by molar-refractivity contribution is 6.19. The van der Waals surface area contributed by atoms with Gasteiger partial charge in [0.05, 0.1) is 44.1 Å². The van der Waals surface area contributed by atoms with Crippen LogP contribution in [0.1, 0.15) is 0 Å². The highest BCUT2D eigenvalue weighted by Crippen LogP contribution is 2.42. The maximum atomic E-state index is 5.42. The lowest BCUT2D eigenvalue weighted by Gasteiger charge is -2.14. The van der Waals surface area contributed by atoms with Crippen LogP contribution in [0.3, 0.4) is 0 Å². The maximum Gasteiger partial charge on any atom is 0.165 e. The summed E-state index contributed by atoms with van der Waals surface area (Å²) in [5.41, 5.74) is 15.0. The average molecular weight is 778 g/mol. The van der Waals surface area contributed by atoms with Crippen LogP contribution in [0, 0.1) is 0 Å². The van der Waals surface area contributed by atoms with E-state index in [9.17, 15) is 0 Å². The summed E-state index contributed by atoms with van der Waals surface area (Å²) in [4.78, 5) is 10.7. The van der Waals surface area contributed by atoms with Crippen molar-refractivity contribution in [2.45, 2.75) is 0 Å². The molecule has 0 saturated carbocycles. The summed E-state index contributed by atoms with van der Waals surface area (Å²) in [6, 6.07) is 76.1. The van der Waals surface area contributed by atoms with Crippen molar-refractivity contribution in [2.24, 2.45) is 0 Å². The molecule has 0 unspecified atom stereocenters. The molecule has 0 N–H and O–H groups in total. The molecule has 0 radical (unpaired) electrons. The molecular formula is C56H35N5. The zero-order valence-electron chi connectivity index (χ0n) is 32.9. The monoisotopic (exact) mass is 777 g/mol. The average Bonchev–Trinajstić information content (AvgIpc) is 3.95. The topological polar surface area (TPSA) is 40.6 Å². The summed E-state index contributed by atoms with van der Waals surface area (Å²) < 4.78 is 7.18. The summed E-state index contributed by atoms with van der Waals surface area (Å²) in [5.74, 6) is 0.802. The number of nitrogens with zero attached hydrogens (tertiary/aromatic N) is 5. The largest absolute Gasteiger partial charge is 0.309 e. The number of aromatic nitrogens is 5. The molecule has 5 nitrogen and oxygen atoms in total. The number of hydrogen-bond acceptors (Lipinski definition) is 2. The molecular weight excluding hydrogens is 743 g/mol. The van der Waals surface area contributed by atoms with E-state index in [0.29, 0.717) is 0 Å². The minimum absolute atomic E-state index is 0.802. The van der Waals surface area contributed by atoms with E-state index in [0.717, 1.165) is 72.4 Å². The Kier molecular flexibility index (Phi) is 7.24. The van der Waals surface area contributed by atoms with Crippen LogP contribution in [0.2, 0.25) is 0 Å². The van der Waals surface area contributed by atoms with Crippen molar-refractivity contribution in [3.05, 3.63) is 212 Å². The van der Waals surface area contributed by atoms with Crippen LogP contribution in [-0.2, 0) is 0 Å². The van der Waals surface area contributed by atoms with Crippen LogP contribution >= 0.6 is 0 Å². The van der Waals surface area contributed by atoms with Gasteiger partial charge in [0.2, 0.25) is 0 Å². The molecule has 4 aromatic heterocycles. The quantitative estimate of drug-likeness (QED) is 0.175. The predicted molar refractivity (Wildman–Crippen MR) is 253 cm³/mol. The molecule has 61 heavy (non-hydrogen) atoms. The van der Waals surface area contributed by atoms with E-state index in [4.69, 9.17) is 9.97 Å². The van der Waals surface area contributed by atoms with Gasteiger partial charge in [-0.25, -0.2) is 9.97 Å². The number of rotatable bonds is 5. The molecule has 4 heterocycles. The van der Waals surface area contributed by atoms with E-state index in [-0.39, 0.29) is 0 Å². The second kappa shape index (κ2) is 13.1. The second-order valence-electron chi connectivity index (χ2n) is 15.8. The highest BCUT2D eigenvalue weighted by atomic mass is 15.1. The third-order valence-corrected chi connectivity index (χ3v) is 12.4. The Morgan fingerprint density at radius 2 is 0.770 bits per heavy atom. The van der Waals surface area contributed by atoms with Gasteiger partial charge in [0.25, 0.3) is 0 Å². The first-order valence-corrected chi connectivity index (χ1v) is 20.8. The van der Waals surface area contributed by atoms with Crippen molar-refractivity contribution in [1.82, 2.24) is 23.7 Å². The molecule has 0 atom stereocenters. The van der Waals surface area contributed by atoms with Crippen molar-refractivity contribution >= 4 is 76.5 Å². The Labute approximate surface area is 350 Å². The van der Waals surface area contributed by atoms with Gasteiger partial charge < -0.3 is 9.13 Å². The lowest BCUT2D eigenvalue weighted by molar-refractivity contribution is 1.08. The SMILES string of the molecule is c1ccc(-c2ccc3c4cc(-n5c6ccccc6c6cc7c8ccccc8n(-c8ccccc8)c7cc65)ccc4n(-c4nc5ccccc5nc4-c4ccccc4)c3c2)cc1. The van der Waals surface area contributed by atoms with E-state index in [1.807, 2.05) is 24.3 Å². The van der Waals surface area contributed by atoms with Gasteiger partial charge in [-0.3, -0.25) is 4.57 Å².